The number of hydrogen-bond donors (Lipinski definition) is 1. The highest BCUT2D eigenvalue weighted by Gasteiger charge is 2.05. The van der Waals surface area contributed by atoms with E-state index in [0.29, 0.717) is 6.42 Å². The maximum atomic E-state index is 10.9. The number of hydrogen-bond acceptors (Lipinski definition) is 4. The molecule has 14 heavy (non-hydrogen) atoms. The number of unbranched alkanes of at least 4 members (excludes halogenated alkanes) is 2. The van der Waals surface area contributed by atoms with Crippen LogP contribution in [-0.4, -0.2) is 11.9 Å². The molecule has 0 atom stereocenters. The van der Waals surface area contributed by atoms with Crippen molar-refractivity contribution in [3.05, 3.63) is 0 Å². The zero-order valence-corrected chi connectivity index (χ0v) is 8.21. The van der Waals surface area contributed by atoms with Crippen LogP contribution in [0.2, 0.25) is 0 Å². The zero-order chi connectivity index (χ0) is 10.8. The van der Waals surface area contributed by atoms with Gasteiger partial charge in [0.2, 0.25) is 0 Å². The first-order chi connectivity index (χ1) is 6.70. The smallest absolute Gasteiger partial charge is 0.332 e. The molecule has 0 aromatic heterocycles. The summed E-state index contributed by atoms with van der Waals surface area (Å²) in [5.41, 5.74) is 1.90. The van der Waals surface area contributed by atoms with Crippen molar-refractivity contribution in [1.82, 2.24) is 5.48 Å². The quantitative estimate of drug-likeness (QED) is 0.529. The highest BCUT2D eigenvalue weighted by molar-refractivity contribution is 5.79. The van der Waals surface area contributed by atoms with E-state index in [9.17, 15) is 9.59 Å². The van der Waals surface area contributed by atoms with Crippen LogP contribution in [-0.2, 0) is 14.4 Å². The van der Waals surface area contributed by atoms with Crippen LogP contribution in [0.1, 0.15) is 39.0 Å². The molecule has 0 fully saturated rings. The fraction of sp³-hybridized carbons (Fsp3) is 0.667. The SMILES string of the molecule is CCCCCC(=O)ONC(=O)CC#N. The Labute approximate surface area is 83.0 Å². The van der Waals surface area contributed by atoms with Crippen LogP contribution in [0.3, 0.4) is 0 Å². The fourth-order valence-corrected chi connectivity index (χ4v) is 0.792. The summed E-state index contributed by atoms with van der Waals surface area (Å²) in [6, 6.07) is 1.64. The summed E-state index contributed by atoms with van der Waals surface area (Å²) < 4.78 is 0. The molecule has 0 bridgehead atoms. The van der Waals surface area contributed by atoms with E-state index in [4.69, 9.17) is 5.26 Å². The van der Waals surface area contributed by atoms with Gasteiger partial charge < -0.3 is 4.84 Å². The van der Waals surface area contributed by atoms with Gasteiger partial charge in [-0.2, -0.15) is 10.7 Å². The third-order valence-electron chi connectivity index (χ3n) is 1.50. The molecule has 0 aliphatic rings. The summed E-state index contributed by atoms with van der Waals surface area (Å²) in [4.78, 5) is 26.0. The average molecular weight is 198 g/mol. The molecule has 0 saturated heterocycles. The van der Waals surface area contributed by atoms with E-state index in [-0.39, 0.29) is 6.42 Å². The summed E-state index contributed by atoms with van der Waals surface area (Å²) in [5, 5.41) is 8.12. The minimum atomic E-state index is -0.601. The predicted molar refractivity (Wildman–Crippen MR) is 48.6 cm³/mol. The van der Waals surface area contributed by atoms with Crippen molar-refractivity contribution in [2.24, 2.45) is 0 Å². The van der Waals surface area contributed by atoms with Crippen molar-refractivity contribution in [2.75, 3.05) is 0 Å². The molecule has 0 aliphatic heterocycles. The molecule has 0 radical (unpaired) electrons. The van der Waals surface area contributed by atoms with E-state index >= 15 is 0 Å². The second-order valence-corrected chi connectivity index (χ2v) is 2.79. The number of nitrogens with zero attached hydrogens (tertiary/aromatic N) is 1. The van der Waals surface area contributed by atoms with Crippen molar-refractivity contribution < 1.29 is 14.4 Å². The Morgan fingerprint density at radius 1 is 1.43 bits per heavy atom. The molecule has 5 nitrogen and oxygen atoms in total. The largest absolute Gasteiger partial charge is 0.341 e. The lowest BCUT2D eigenvalue weighted by atomic mass is 10.2. The van der Waals surface area contributed by atoms with Gasteiger partial charge in [0.15, 0.2) is 0 Å². The molecule has 5 heteroatoms. The molecule has 0 heterocycles. The van der Waals surface area contributed by atoms with Crippen LogP contribution in [0.4, 0.5) is 0 Å². The number of nitriles is 1. The molecule has 1 amide bonds. The standard InChI is InChI=1S/C9H14N2O3/c1-2-3-4-5-9(13)14-11-8(12)6-7-10/h2-6H2,1H3,(H,11,12). The number of hydroxylamine groups is 1. The Bertz CT molecular complexity index is 233. The normalized spacial score (nSPS) is 8.86. The van der Waals surface area contributed by atoms with Gasteiger partial charge in [-0.3, -0.25) is 4.79 Å². The van der Waals surface area contributed by atoms with Gasteiger partial charge in [0.05, 0.1) is 6.07 Å². The van der Waals surface area contributed by atoms with Crippen LogP contribution < -0.4 is 5.48 Å². The minimum Gasteiger partial charge on any atom is -0.341 e. The molecule has 0 saturated carbocycles. The third kappa shape index (κ3) is 7.10. The second kappa shape index (κ2) is 8.05. The predicted octanol–water partition coefficient (Wildman–Crippen LogP) is 1.05. The number of carbonyl (C=O) groups excluding carboxylic acids is 2. The van der Waals surface area contributed by atoms with E-state index in [1.54, 1.807) is 6.07 Å². The topological polar surface area (TPSA) is 79.2 Å². The summed E-state index contributed by atoms with van der Waals surface area (Å²) in [7, 11) is 0. The fourth-order valence-electron chi connectivity index (χ4n) is 0.792. The molecule has 0 aliphatic carbocycles. The minimum absolute atomic E-state index is 0.292. The first-order valence-electron chi connectivity index (χ1n) is 4.56. The van der Waals surface area contributed by atoms with Gasteiger partial charge in [-0.1, -0.05) is 19.8 Å². The van der Waals surface area contributed by atoms with Gasteiger partial charge in [-0.25, -0.2) is 4.79 Å². The van der Waals surface area contributed by atoms with Crippen molar-refractivity contribution in [2.45, 2.75) is 39.0 Å². The zero-order valence-electron chi connectivity index (χ0n) is 8.21. The first kappa shape index (κ1) is 12.4. The average Bonchev–Trinajstić information content (AvgIpc) is 2.16. The van der Waals surface area contributed by atoms with Crippen molar-refractivity contribution in [1.29, 1.82) is 5.26 Å². The van der Waals surface area contributed by atoms with Crippen molar-refractivity contribution >= 4 is 11.9 Å². The Morgan fingerprint density at radius 3 is 2.71 bits per heavy atom. The number of rotatable bonds is 5. The van der Waals surface area contributed by atoms with E-state index in [1.807, 2.05) is 12.4 Å². The van der Waals surface area contributed by atoms with Crippen LogP contribution in [0.5, 0.6) is 0 Å². The monoisotopic (exact) mass is 198 g/mol. The van der Waals surface area contributed by atoms with E-state index in [0.717, 1.165) is 19.3 Å². The Morgan fingerprint density at radius 2 is 2.14 bits per heavy atom. The number of amides is 1. The van der Waals surface area contributed by atoms with Gasteiger partial charge in [0.1, 0.15) is 6.42 Å². The van der Waals surface area contributed by atoms with E-state index < -0.39 is 11.9 Å². The molecule has 0 spiro atoms. The van der Waals surface area contributed by atoms with Gasteiger partial charge >= 0.3 is 5.97 Å². The molecule has 0 aromatic rings. The molecule has 0 aromatic carbocycles. The Hall–Kier alpha value is -1.57. The van der Waals surface area contributed by atoms with Crippen LogP contribution in [0.15, 0.2) is 0 Å². The molecular weight excluding hydrogens is 184 g/mol. The van der Waals surface area contributed by atoms with Gasteiger partial charge in [-0.05, 0) is 6.42 Å². The lowest BCUT2D eigenvalue weighted by molar-refractivity contribution is -0.158. The van der Waals surface area contributed by atoms with Gasteiger partial charge in [0.25, 0.3) is 5.91 Å². The Kier molecular flexibility index (Phi) is 7.15. The van der Waals surface area contributed by atoms with E-state index in [2.05, 4.69) is 4.84 Å². The summed E-state index contributed by atoms with van der Waals surface area (Å²) in [6.45, 7) is 2.03. The lowest BCUT2D eigenvalue weighted by Crippen LogP contribution is -2.26. The van der Waals surface area contributed by atoms with Gasteiger partial charge in [0, 0.05) is 6.42 Å². The maximum absolute atomic E-state index is 10.9. The van der Waals surface area contributed by atoms with Crippen LogP contribution >= 0.6 is 0 Å². The number of carbonyl (C=O) groups is 2. The molecule has 78 valence electrons. The molecule has 1 N–H and O–H groups in total. The molecule has 0 rings (SSSR count). The highest BCUT2D eigenvalue weighted by Crippen LogP contribution is 1.99. The third-order valence-corrected chi connectivity index (χ3v) is 1.50. The first-order valence-corrected chi connectivity index (χ1v) is 4.56. The van der Waals surface area contributed by atoms with Crippen LogP contribution in [0.25, 0.3) is 0 Å². The van der Waals surface area contributed by atoms with Crippen molar-refractivity contribution in [3.8, 4) is 6.07 Å². The summed E-state index contributed by atoms with van der Waals surface area (Å²) >= 11 is 0. The summed E-state index contributed by atoms with van der Waals surface area (Å²) in [5.74, 6) is -1.07. The Balaban J connectivity index is 3.45. The summed E-state index contributed by atoms with van der Waals surface area (Å²) in [6.07, 6.45) is 2.72. The molecule has 0 unspecified atom stereocenters. The highest BCUT2D eigenvalue weighted by atomic mass is 16.7. The lowest BCUT2D eigenvalue weighted by Gasteiger charge is -2.02. The van der Waals surface area contributed by atoms with E-state index in [1.165, 1.54) is 0 Å². The van der Waals surface area contributed by atoms with Crippen molar-refractivity contribution in [3.63, 3.8) is 0 Å². The second-order valence-electron chi connectivity index (χ2n) is 2.79. The maximum Gasteiger partial charge on any atom is 0.332 e. The van der Waals surface area contributed by atoms with Gasteiger partial charge in [-0.15, -0.1) is 0 Å². The molecular formula is C9H14N2O3. The van der Waals surface area contributed by atoms with Crippen LogP contribution in [0, 0.1) is 11.3 Å². The number of nitrogens with one attached hydrogen (secondary N) is 1.